The molecule has 1 saturated heterocycles. The first-order valence-electron chi connectivity index (χ1n) is 8.59. The average molecular weight is 337 g/mol. The number of piperazine rings is 1. The maximum absolute atomic E-state index is 10.5. The topological polar surface area (TPSA) is 68.5 Å². The molecule has 5 heteroatoms. The minimum absolute atomic E-state index is 0.0877. The van der Waals surface area contributed by atoms with Crippen molar-refractivity contribution in [2.24, 2.45) is 0 Å². The van der Waals surface area contributed by atoms with E-state index in [0.29, 0.717) is 18.8 Å². The average Bonchev–Trinajstić information content (AvgIpc) is 2.66. The van der Waals surface area contributed by atoms with E-state index < -0.39 is 0 Å². The molecule has 2 N–H and O–H groups in total. The molecule has 0 aliphatic carbocycles. The summed E-state index contributed by atoms with van der Waals surface area (Å²) in [6.45, 7) is 4.01. The third-order valence-corrected chi connectivity index (χ3v) is 4.49. The van der Waals surface area contributed by atoms with Crippen LogP contribution < -0.4 is 10.1 Å². The third-order valence-electron chi connectivity index (χ3n) is 4.49. The Labute approximate surface area is 148 Å². The molecule has 3 rings (SSSR count). The van der Waals surface area contributed by atoms with Gasteiger partial charge in [-0.25, -0.2) is 0 Å². The van der Waals surface area contributed by atoms with Crippen LogP contribution in [0.25, 0.3) is 0 Å². The van der Waals surface area contributed by atoms with Gasteiger partial charge in [0.25, 0.3) is 0 Å². The van der Waals surface area contributed by atoms with E-state index in [9.17, 15) is 10.4 Å². The van der Waals surface area contributed by atoms with E-state index in [4.69, 9.17) is 4.74 Å². The Morgan fingerprint density at radius 2 is 1.92 bits per heavy atom. The van der Waals surface area contributed by atoms with Crippen molar-refractivity contribution in [2.75, 3.05) is 26.2 Å². The molecule has 2 aromatic rings. The molecule has 25 heavy (non-hydrogen) atoms. The summed E-state index contributed by atoms with van der Waals surface area (Å²) in [5.41, 5.74) is 1.87. The van der Waals surface area contributed by atoms with Gasteiger partial charge in [-0.1, -0.05) is 36.4 Å². The standard InChI is InChI=1S/C20H23N3O2/c21-9-8-19(23-12-10-22-11-13-23)18-7-6-17(14-20(18)24)25-15-16-4-2-1-3-5-16/h1-7,14,19,22,24H,8,10-13,15H2/t19-/m1/s1. The number of rotatable bonds is 6. The Kier molecular flexibility index (Phi) is 5.89. The van der Waals surface area contributed by atoms with Crippen LogP contribution in [0.15, 0.2) is 48.5 Å². The van der Waals surface area contributed by atoms with Crippen LogP contribution in [-0.2, 0) is 6.61 Å². The minimum atomic E-state index is -0.0877. The smallest absolute Gasteiger partial charge is 0.124 e. The maximum Gasteiger partial charge on any atom is 0.124 e. The Morgan fingerprint density at radius 1 is 1.16 bits per heavy atom. The monoisotopic (exact) mass is 337 g/mol. The van der Waals surface area contributed by atoms with Gasteiger partial charge >= 0.3 is 0 Å². The van der Waals surface area contributed by atoms with Crippen molar-refractivity contribution in [1.29, 1.82) is 5.26 Å². The van der Waals surface area contributed by atoms with Gasteiger partial charge in [-0.2, -0.15) is 5.26 Å². The molecule has 130 valence electrons. The number of aromatic hydroxyl groups is 1. The molecule has 1 atom stereocenters. The fraction of sp³-hybridized carbons (Fsp3) is 0.350. The van der Waals surface area contributed by atoms with Gasteiger partial charge in [0.1, 0.15) is 18.1 Å². The molecular weight excluding hydrogens is 314 g/mol. The van der Waals surface area contributed by atoms with Gasteiger partial charge in [0.05, 0.1) is 18.5 Å². The molecule has 1 fully saturated rings. The maximum atomic E-state index is 10.5. The third kappa shape index (κ3) is 4.50. The lowest BCUT2D eigenvalue weighted by Gasteiger charge is -2.34. The predicted octanol–water partition coefficient (Wildman–Crippen LogP) is 2.83. The summed E-state index contributed by atoms with van der Waals surface area (Å²) in [6.07, 6.45) is 0.359. The Bertz CT molecular complexity index is 721. The molecule has 0 bridgehead atoms. The second-order valence-electron chi connectivity index (χ2n) is 6.16. The fourth-order valence-electron chi connectivity index (χ4n) is 3.15. The molecule has 0 radical (unpaired) electrons. The molecule has 1 aliphatic heterocycles. The number of hydrogen-bond acceptors (Lipinski definition) is 5. The van der Waals surface area contributed by atoms with Crippen molar-refractivity contribution in [2.45, 2.75) is 19.1 Å². The lowest BCUT2D eigenvalue weighted by Crippen LogP contribution is -2.45. The summed E-state index contributed by atoms with van der Waals surface area (Å²) in [5.74, 6) is 0.811. The highest BCUT2D eigenvalue weighted by atomic mass is 16.5. The van der Waals surface area contributed by atoms with E-state index in [-0.39, 0.29) is 11.8 Å². The molecule has 2 aromatic carbocycles. The lowest BCUT2D eigenvalue weighted by molar-refractivity contribution is 0.173. The largest absolute Gasteiger partial charge is 0.507 e. The summed E-state index contributed by atoms with van der Waals surface area (Å²) in [7, 11) is 0. The van der Waals surface area contributed by atoms with E-state index in [1.165, 1.54) is 0 Å². The van der Waals surface area contributed by atoms with Crippen molar-refractivity contribution in [1.82, 2.24) is 10.2 Å². The second-order valence-corrected chi connectivity index (χ2v) is 6.16. The van der Waals surface area contributed by atoms with Crippen LogP contribution >= 0.6 is 0 Å². The van der Waals surface area contributed by atoms with E-state index in [0.717, 1.165) is 37.3 Å². The second kappa shape index (κ2) is 8.52. The van der Waals surface area contributed by atoms with Gasteiger partial charge in [-0.3, -0.25) is 4.90 Å². The lowest BCUT2D eigenvalue weighted by atomic mass is 10.0. The van der Waals surface area contributed by atoms with Crippen LogP contribution in [0.2, 0.25) is 0 Å². The molecular formula is C20H23N3O2. The molecule has 5 nitrogen and oxygen atoms in total. The van der Waals surface area contributed by atoms with Crippen molar-refractivity contribution in [3.8, 4) is 17.6 Å². The fourth-order valence-corrected chi connectivity index (χ4v) is 3.15. The summed E-state index contributed by atoms with van der Waals surface area (Å²) in [4.78, 5) is 2.25. The Hall–Kier alpha value is -2.55. The van der Waals surface area contributed by atoms with Gasteiger partial charge in [0.15, 0.2) is 0 Å². The molecule has 1 heterocycles. The van der Waals surface area contributed by atoms with Crippen LogP contribution in [0.3, 0.4) is 0 Å². The van der Waals surface area contributed by atoms with Crippen molar-refractivity contribution in [3.05, 3.63) is 59.7 Å². The number of nitriles is 1. The van der Waals surface area contributed by atoms with E-state index in [1.807, 2.05) is 42.5 Å². The van der Waals surface area contributed by atoms with E-state index in [2.05, 4.69) is 16.3 Å². The van der Waals surface area contributed by atoms with Gasteiger partial charge in [-0.15, -0.1) is 0 Å². The molecule has 0 unspecified atom stereocenters. The molecule has 0 amide bonds. The van der Waals surface area contributed by atoms with Crippen LogP contribution in [0.4, 0.5) is 0 Å². The highest BCUT2D eigenvalue weighted by Gasteiger charge is 2.24. The summed E-state index contributed by atoms with van der Waals surface area (Å²) in [5, 5.41) is 23.0. The number of hydrogen-bond donors (Lipinski definition) is 2. The number of nitrogens with one attached hydrogen (secondary N) is 1. The summed E-state index contributed by atoms with van der Waals surface area (Å²) < 4.78 is 5.76. The predicted molar refractivity (Wildman–Crippen MR) is 96.3 cm³/mol. The van der Waals surface area contributed by atoms with Crippen LogP contribution in [0, 0.1) is 11.3 Å². The van der Waals surface area contributed by atoms with E-state index >= 15 is 0 Å². The van der Waals surface area contributed by atoms with Gasteiger partial charge < -0.3 is 15.2 Å². The number of phenolic OH excluding ortho intramolecular Hbond substituents is 1. The van der Waals surface area contributed by atoms with Crippen LogP contribution in [-0.4, -0.2) is 36.2 Å². The van der Waals surface area contributed by atoms with Crippen LogP contribution in [0.5, 0.6) is 11.5 Å². The Morgan fingerprint density at radius 3 is 2.60 bits per heavy atom. The molecule has 0 saturated carbocycles. The zero-order valence-electron chi connectivity index (χ0n) is 14.2. The first-order valence-corrected chi connectivity index (χ1v) is 8.59. The van der Waals surface area contributed by atoms with E-state index in [1.54, 1.807) is 6.07 Å². The molecule has 0 spiro atoms. The quantitative estimate of drug-likeness (QED) is 0.848. The number of benzene rings is 2. The minimum Gasteiger partial charge on any atom is -0.507 e. The van der Waals surface area contributed by atoms with Crippen molar-refractivity contribution in [3.63, 3.8) is 0 Å². The Balaban J connectivity index is 1.72. The molecule has 0 aromatic heterocycles. The highest BCUT2D eigenvalue weighted by molar-refractivity contribution is 5.42. The van der Waals surface area contributed by atoms with Crippen LogP contribution in [0.1, 0.15) is 23.6 Å². The number of phenols is 1. The highest BCUT2D eigenvalue weighted by Crippen LogP contribution is 2.34. The zero-order chi connectivity index (χ0) is 17.5. The van der Waals surface area contributed by atoms with Gasteiger partial charge in [0, 0.05) is 37.8 Å². The van der Waals surface area contributed by atoms with Crippen molar-refractivity contribution < 1.29 is 9.84 Å². The first-order chi connectivity index (χ1) is 12.3. The van der Waals surface area contributed by atoms with Gasteiger partial charge in [0.2, 0.25) is 0 Å². The summed E-state index contributed by atoms with van der Waals surface area (Å²) >= 11 is 0. The SMILES string of the molecule is N#CC[C@H](c1ccc(OCc2ccccc2)cc1O)N1CCNCC1. The summed E-state index contributed by atoms with van der Waals surface area (Å²) in [6, 6.07) is 17.5. The van der Waals surface area contributed by atoms with Gasteiger partial charge in [-0.05, 0) is 11.6 Å². The molecule has 1 aliphatic rings. The zero-order valence-corrected chi connectivity index (χ0v) is 14.2. The first kappa shape index (κ1) is 17.3. The van der Waals surface area contributed by atoms with Crippen molar-refractivity contribution >= 4 is 0 Å². The number of nitrogens with zero attached hydrogens (tertiary/aromatic N) is 2. The number of ether oxygens (including phenoxy) is 1. The normalized spacial score (nSPS) is 16.1.